The van der Waals surface area contributed by atoms with Gasteiger partial charge in [-0.1, -0.05) is 25.1 Å². The number of rotatable bonds is 10. The summed E-state index contributed by atoms with van der Waals surface area (Å²) in [4.78, 5) is 14.0. The van der Waals surface area contributed by atoms with Crippen LogP contribution in [-0.4, -0.2) is 72.0 Å². The van der Waals surface area contributed by atoms with E-state index < -0.39 is 6.10 Å². The van der Waals surface area contributed by atoms with Crippen LogP contribution in [0.5, 0.6) is 0 Å². The topological polar surface area (TPSA) is 61.7 Å². The fourth-order valence-corrected chi connectivity index (χ4v) is 3.96. The number of anilines is 1. The van der Waals surface area contributed by atoms with Gasteiger partial charge in [0.05, 0.1) is 19.3 Å². The van der Waals surface area contributed by atoms with Crippen molar-refractivity contribution in [2.75, 3.05) is 50.8 Å². The summed E-state index contributed by atoms with van der Waals surface area (Å²) in [5.41, 5.74) is 3.21. The number of halogens is 1. The Morgan fingerprint density at radius 2 is 1.90 bits per heavy atom. The Labute approximate surface area is 184 Å². The van der Waals surface area contributed by atoms with E-state index in [1.54, 1.807) is 6.08 Å². The second-order valence-electron chi connectivity index (χ2n) is 7.94. The number of ether oxygens (including phenoxy) is 1. The molecule has 1 aromatic heterocycles. The van der Waals surface area contributed by atoms with E-state index in [0.29, 0.717) is 26.2 Å². The molecule has 0 spiro atoms. The molecule has 0 unspecified atom stereocenters. The average Bonchev–Trinajstić information content (AvgIpc) is 2.77. The Balaban J connectivity index is 1.70. The lowest BCUT2D eigenvalue weighted by atomic mass is 10.0. The minimum Gasteiger partial charge on any atom is -0.389 e. The number of aromatic nitrogens is 2. The molecule has 0 bridgehead atoms. The summed E-state index contributed by atoms with van der Waals surface area (Å²) in [7, 11) is 0. The smallest absolute Gasteiger partial charge is 0.136 e. The van der Waals surface area contributed by atoms with Crippen LogP contribution in [0.3, 0.4) is 0 Å². The van der Waals surface area contributed by atoms with Crippen LogP contribution in [0.15, 0.2) is 36.9 Å². The molecule has 1 atom stereocenters. The zero-order chi connectivity index (χ0) is 22.2. The lowest BCUT2D eigenvalue weighted by Gasteiger charge is -2.37. The molecule has 7 heteroatoms. The molecule has 168 valence electrons. The minimum absolute atomic E-state index is 0.229. The SMILES string of the molecule is C=CCOC[C@@H](O)CN1CCN(c2nc(C)nc(CC)c2Cc2ccc(F)cc2)CC1. The lowest BCUT2D eigenvalue weighted by Crippen LogP contribution is -2.49. The molecular weight excluding hydrogens is 395 g/mol. The van der Waals surface area contributed by atoms with Crippen molar-refractivity contribution in [2.45, 2.75) is 32.8 Å². The van der Waals surface area contributed by atoms with Crippen molar-refractivity contribution in [3.05, 3.63) is 65.4 Å². The largest absolute Gasteiger partial charge is 0.389 e. The molecule has 2 heterocycles. The summed E-state index contributed by atoms with van der Waals surface area (Å²) in [6, 6.07) is 6.65. The van der Waals surface area contributed by atoms with E-state index in [2.05, 4.69) is 28.3 Å². The Bertz CT molecular complexity index is 851. The summed E-state index contributed by atoms with van der Waals surface area (Å²) >= 11 is 0. The highest BCUT2D eigenvalue weighted by atomic mass is 19.1. The Morgan fingerprint density at radius 3 is 2.55 bits per heavy atom. The first-order valence-electron chi connectivity index (χ1n) is 10.9. The molecule has 0 amide bonds. The van der Waals surface area contributed by atoms with E-state index in [-0.39, 0.29) is 5.82 Å². The van der Waals surface area contributed by atoms with Gasteiger partial charge >= 0.3 is 0 Å². The van der Waals surface area contributed by atoms with Crippen LogP contribution >= 0.6 is 0 Å². The van der Waals surface area contributed by atoms with Crippen molar-refractivity contribution in [1.82, 2.24) is 14.9 Å². The number of hydrogen-bond acceptors (Lipinski definition) is 6. The van der Waals surface area contributed by atoms with Crippen LogP contribution in [-0.2, 0) is 17.6 Å². The Morgan fingerprint density at radius 1 is 1.19 bits per heavy atom. The molecule has 2 aromatic rings. The molecule has 1 saturated heterocycles. The van der Waals surface area contributed by atoms with Gasteiger partial charge in [0.15, 0.2) is 0 Å². The Hall–Kier alpha value is -2.35. The maximum Gasteiger partial charge on any atom is 0.136 e. The highest BCUT2D eigenvalue weighted by Gasteiger charge is 2.24. The van der Waals surface area contributed by atoms with Crippen molar-refractivity contribution >= 4 is 5.82 Å². The Kier molecular flexibility index (Phi) is 8.51. The van der Waals surface area contributed by atoms with Gasteiger partial charge in [-0.25, -0.2) is 14.4 Å². The van der Waals surface area contributed by atoms with E-state index in [4.69, 9.17) is 9.72 Å². The van der Waals surface area contributed by atoms with Gasteiger partial charge in [-0.3, -0.25) is 4.90 Å². The third kappa shape index (κ3) is 6.56. The fraction of sp³-hybridized carbons (Fsp3) is 0.500. The van der Waals surface area contributed by atoms with Crippen molar-refractivity contribution in [1.29, 1.82) is 0 Å². The van der Waals surface area contributed by atoms with Gasteiger partial charge in [0.1, 0.15) is 17.5 Å². The molecule has 1 aliphatic heterocycles. The van der Waals surface area contributed by atoms with Crippen molar-refractivity contribution in [3.63, 3.8) is 0 Å². The first-order valence-corrected chi connectivity index (χ1v) is 10.9. The number of benzene rings is 1. The first-order chi connectivity index (χ1) is 15.0. The van der Waals surface area contributed by atoms with Crippen LogP contribution in [0.2, 0.25) is 0 Å². The monoisotopic (exact) mass is 428 g/mol. The van der Waals surface area contributed by atoms with Crippen molar-refractivity contribution in [2.24, 2.45) is 0 Å². The third-order valence-electron chi connectivity index (χ3n) is 5.50. The van der Waals surface area contributed by atoms with Crippen LogP contribution in [0.25, 0.3) is 0 Å². The second kappa shape index (κ2) is 11.3. The van der Waals surface area contributed by atoms with Gasteiger partial charge in [-0.15, -0.1) is 6.58 Å². The molecule has 0 radical (unpaired) electrons. The molecule has 1 aliphatic rings. The zero-order valence-corrected chi connectivity index (χ0v) is 18.6. The van der Waals surface area contributed by atoms with Crippen LogP contribution in [0.1, 0.15) is 29.6 Å². The molecule has 0 aliphatic carbocycles. The predicted octanol–water partition coefficient (Wildman–Crippen LogP) is 2.76. The quantitative estimate of drug-likeness (QED) is 0.464. The van der Waals surface area contributed by atoms with E-state index in [9.17, 15) is 9.50 Å². The lowest BCUT2D eigenvalue weighted by molar-refractivity contribution is 0.0252. The number of aryl methyl sites for hydroxylation is 2. The maximum absolute atomic E-state index is 13.3. The normalized spacial score (nSPS) is 15.8. The highest BCUT2D eigenvalue weighted by Crippen LogP contribution is 2.26. The molecule has 1 fully saturated rings. The van der Waals surface area contributed by atoms with Gasteiger partial charge in [0.25, 0.3) is 0 Å². The number of nitrogens with zero attached hydrogens (tertiary/aromatic N) is 4. The van der Waals surface area contributed by atoms with Crippen LogP contribution in [0, 0.1) is 12.7 Å². The number of piperazine rings is 1. The number of aliphatic hydroxyl groups is 1. The molecule has 31 heavy (non-hydrogen) atoms. The summed E-state index contributed by atoms with van der Waals surface area (Å²) in [6.45, 7) is 12.4. The second-order valence-corrected chi connectivity index (χ2v) is 7.94. The number of aliphatic hydroxyl groups excluding tert-OH is 1. The van der Waals surface area contributed by atoms with Crippen molar-refractivity contribution < 1.29 is 14.2 Å². The van der Waals surface area contributed by atoms with E-state index in [0.717, 1.165) is 61.1 Å². The highest BCUT2D eigenvalue weighted by molar-refractivity contribution is 5.52. The first kappa shape index (κ1) is 23.3. The minimum atomic E-state index is -0.506. The summed E-state index contributed by atoms with van der Waals surface area (Å²) in [5, 5.41) is 10.2. The van der Waals surface area contributed by atoms with Gasteiger partial charge in [0, 0.05) is 50.4 Å². The molecule has 0 saturated carbocycles. The molecule has 6 nitrogen and oxygen atoms in total. The summed E-state index contributed by atoms with van der Waals surface area (Å²) in [6.07, 6.45) is 2.68. The van der Waals surface area contributed by atoms with Crippen molar-refractivity contribution in [3.8, 4) is 0 Å². The molecular formula is C24H33FN4O2. The van der Waals surface area contributed by atoms with Gasteiger partial charge in [-0.2, -0.15) is 0 Å². The fourth-order valence-electron chi connectivity index (χ4n) is 3.96. The van der Waals surface area contributed by atoms with Gasteiger partial charge in [-0.05, 0) is 31.0 Å². The van der Waals surface area contributed by atoms with Crippen LogP contribution in [0.4, 0.5) is 10.2 Å². The third-order valence-corrected chi connectivity index (χ3v) is 5.50. The van der Waals surface area contributed by atoms with Gasteiger partial charge < -0.3 is 14.7 Å². The molecule has 1 aromatic carbocycles. The van der Waals surface area contributed by atoms with Gasteiger partial charge in [0.2, 0.25) is 0 Å². The average molecular weight is 429 g/mol. The standard InChI is InChI=1S/C24H33FN4O2/c1-4-14-31-17-21(30)16-28-10-12-29(13-11-28)24-22(23(5-2)26-18(3)27-24)15-19-6-8-20(25)9-7-19/h4,6-9,21,30H,1,5,10-17H2,2-3H3/t21-/m0/s1. The van der Waals surface area contributed by atoms with E-state index in [1.165, 1.54) is 12.1 Å². The predicted molar refractivity (Wildman–Crippen MR) is 121 cm³/mol. The number of β-amino-alcohol motifs (C(OH)–C–C–N with tert-alkyl or cyclic N) is 1. The maximum atomic E-state index is 13.3. The molecule has 3 rings (SSSR count). The summed E-state index contributed by atoms with van der Waals surface area (Å²) in [5.74, 6) is 1.52. The van der Waals surface area contributed by atoms with Crippen LogP contribution < -0.4 is 4.90 Å². The number of hydrogen-bond donors (Lipinski definition) is 1. The van der Waals surface area contributed by atoms with E-state index >= 15 is 0 Å². The summed E-state index contributed by atoms with van der Waals surface area (Å²) < 4.78 is 18.7. The molecule has 1 N–H and O–H groups in total. The van der Waals surface area contributed by atoms with E-state index in [1.807, 2.05) is 19.1 Å². The zero-order valence-electron chi connectivity index (χ0n) is 18.6.